The number of nitrogens with one attached hydrogen (secondary N) is 2. The van der Waals surface area contributed by atoms with Crippen LogP contribution in [0.25, 0.3) is 0 Å². The molecule has 2 aliphatic rings. The molecule has 0 unspecified atom stereocenters. The fraction of sp³-hybridized carbons (Fsp3) is 0.680. The summed E-state index contributed by atoms with van der Waals surface area (Å²) in [4.78, 5) is 30.5. The lowest BCUT2D eigenvalue weighted by atomic mass is 9.95. The van der Waals surface area contributed by atoms with Gasteiger partial charge < -0.3 is 20.3 Å². The van der Waals surface area contributed by atoms with Crippen LogP contribution in [0.4, 0.5) is 11.4 Å². The number of amides is 2. The SMILES string of the molecule is CC1CCN(c2ccc(NC(=O)C(C)(C)CCl)cc2C(=O)NCCCN2CCOCC2)CC1. The summed E-state index contributed by atoms with van der Waals surface area (Å²) in [6.45, 7) is 12.8. The van der Waals surface area contributed by atoms with Gasteiger partial charge in [-0.2, -0.15) is 0 Å². The molecular weight excluding hydrogens is 440 g/mol. The van der Waals surface area contributed by atoms with Crippen LogP contribution < -0.4 is 15.5 Å². The van der Waals surface area contributed by atoms with Crippen LogP contribution in [0, 0.1) is 11.3 Å². The van der Waals surface area contributed by atoms with Crippen LogP contribution in [0.15, 0.2) is 18.2 Å². The zero-order valence-corrected chi connectivity index (χ0v) is 21.0. The minimum absolute atomic E-state index is 0.0988. The van der Waals surface area contributed by atoms with E-state index in [1.165, 1.54) is 0 Å². The molecule has 0 spiro atoms. The average molecular weight is 479 g/mol. The van der Waals surface area contributed by atoms with E-state index in [9.17, 15) is 9.59 Å². The van der Waals surface area contributed by atoms with Gasteiger partial charge >= 0.3 is 0 Å². The summed E-state index contributed by atoms with van der Waals surface area (Å²) in [5.74, 6) is 0.668. The Morgan fingerprint density at radius 2 is 1.85 bits per heavy atom. The molecule has 1 aromatic rings. The van der Waals surface area contributed by atoms with Gasteiger partial charge in [0.2, 0.25) is 5.91 Å². The van der Waals surface area contributed by atoms with E-state index in [2.05, 4.69) is 27.4 Å². The highest BCUT2D eigenvalue weighted by atomic mass is 35.5. The Morgan fingerprint density at radius 3 is 2.52 bits per heavy atom. The fourth-order valence-electron chi connectivity index (χ4n) is 4.11. The molecule has 2 heterocycles. The maximum atomic E-state index is 13.2. The first kappa shape index (κ1) is 25.8. The van der Waals surface area contributed by atoms with Crippen molar-refractivity contribution in [2.45, 2.75) is 40.0 Å². The van der Waals surface area contributed by atoms with Crippen LogP contribution in [-0.4, -0.2) is 75.1 Å². The van der Waals surface area contributed by atoms with Crippen molar-refractivity contribution in [1.82, 2.24) is 10.2 Å². The summed E-state index contributed by atoms with van der Waals surface area (Å²) in [6.07, 6.45) is 3.12. The van der Waals surface area contributed by atoms with Gasteiger partial charge in [0.25, 0.3) is 5.91 Å². The minimum atomic E-state index is -0.689. The van der Waals surface area contributed by atoms with E-state index in [1.54, 1.807) is 19.9 Å². The molecule has 0 saturated carbocycles. The number of piperidine rings is 1. The van der Waals surface area contributed by atoms with Gasteiger partial charge in [0.1, 0.15) is 0 Å². The molecule has 2 saturated heterocycles. The molecule has 8 heteroatoms. The number of hydrogen-bond donors (Lipinski definition) is 2. The lowest BCUT2D eigenvalue weighted by Crippen LogP contribution is -2.38. The van der Waals surface area contributed by atoms with Crippen LogP contribution in [0.1, 0.15) is 50.4 Å². The molecule has 2 aliphatic heterocycles. The normalized spacial score (nSPS) is 18.2. The molecule has 2 N–H and O–H groups in total. The lowest BCUT2D eigenvalue weighted by molar-refractivity contribution is -0.122. The van der Waals surface area contributed by atoms with Crippen LogP contribution in [0.5, 0.6) is 0 Å². The molecule has 1 aromatic carbocycles. The first-order chi connectivity index (χ1) is 15.8. The number of rotatable bonds is 9. The number of carbonyl (C=O) groups is 2. The van der Waals surface area contributed by atoms with E-state index in [-0.39, 0.29) is 17.7 Å². The molecule has 184 valence electrons. The molecule has 33 heavy (non-hydrogen) atoms. The van der Waals surface area contributed by atoms with Crippen molar-refractivity contribution in [3.05, 3.63) is 23.8 Å². The van der Waals surface area contributed by atoms with E-state index in [1.807, 2.05) is 12.1 Å². The quantitative estimate of drug-likeness (QED) is 0.419. The van der Waals surface area contributed by atoms with Gasteiger partial charge in [-0.3, -0.25) is 14.5 Å². The predicted molar refractivity (Wildman–Crippen MR) is 134 cm³/mol. The maximum Gasteiger partial charge on any atom is 0.253 e. The van der Waals surface area contributed by atoms with Crippen molar-refractivity contribution in [3.63, 3.8) is 0 Å². The van der Waals surface area contributed by atoms with Gasteiger partial charge in [-0.15, -0.1) is 11.6 Å². The van der Waals surface area contributed by atoms with Crippen molar-refractivity contribution in [3.8, 4) is 0 Å². The topological polar surface area (TPSA) is 73.9 Å². The zero-order chi connectivity index (χ0) is 23.8. The number of anilines is 2. The van der Waals surface area contributed by atoms with Gasteiger partial charge in [0.05, 0.1) is 24.2 Å². The van der Waals surface area contributed by atoms with E-state index in [4.69, 9.17) is 16.3 Å². The predicted octanol–water partition coefficient (Wildman–Crippen LogP) is 3.58. The summed E-state index contributed by atoms with van der Waals surface area (Å²) in [6, 6.07) is 5.64. The standard InChI is InChI=1S/C25H39ClN4O3/c1-19-7-11-30(12-8-19)22-6-5-20(28-24(32)25(2,3)18-26)17-21(22)23(31)27-9-4-10-29-13-15-33-16-14-29/h5-6,17,19H,4,7-16,18H2,1-3H3,(H,27,31)(H,28,32). The number of alkyl halides is 1. The Bertz CT molecular complexity index is 803. The van der Waals surface area contributed by atoms with Crippen molar-refractivity contribution in [2.24, 2.45) is 11.3 Å². The highest BCUT2D eigenvalue weighted by molar-refractivity contribution is 6.20. The van der Waals surface area contributed by atoms with Crippen molar-refractivity contribution in [2.75, 3.05) is 68.6 Å². The monoisotopic (exact) mass is 478 g/mol. The Morgan fingerprint density at radius 1 is 1.15 bits per heavy atom. The smallest absolute Gasteiger partial charge is 0.253 e. The summed E-state index contributed by atoms with van der Waals surface area (Å²) < 4.78 is 5.39. The average Bonchev–Trinajstić information content (AvgIpc) is 2.83. The Balaban J connectivity index is 1.69. The summed E-state index contributed by atoms with van der Waals surface area (Å²) >= 11 is 5.96. The van der Waals surface area contributed by atoms with Crippen LogP contribution in [0.2, 0.25) is 0 Å². The van der Waals surface area contributed by atoms with E-state index in [0.717, 1.165) is 70.9 Å². The first-order valence-corrected chi connectivity index (χ1v) is 12.7. The molecule has 0 atom stereocenters. The number of benzene rings is 1. The van der Waals surface area contributed by atoms with E-state index >= 15 is 0 Å². The fourth-order valence-corrected chi connectivity index (χ4v) is 4.23. The molecule has 0 bridgehead atoms. The van der Waals surface area contributed by atoms with Gasteiger partial charge in [-0.05, 0) is 63.8 Å². The van der Waals surface area contributed by atoms with E-state index < -0.39 is 5.41 Å². The van der Waals surface area contributed by atoms with Gasteiger partial charge in [-0.25, -0.2) is 0 Å². The Kier molecular flexibility index (Phi) is 9.41. The molecule has 0 aromatic heterocycles. The maximum absolute atomic E-state index is 13.2. The van der Waals surface area contributed by atoms with Gasteiger partial charge in [0, 0.05) is 50.0 Å². The highest BCUT2D eigenvalue weighted by Gasteiger charge is 2.27. The number of nitrogens with zero attached hydrogens (tertiary/aromatic N) is 2. The van der Waals surface area contributed by atoms with Crippen molar-refractivity contribution in [1.29, 1.82) is 0 Å². The molecule has 0 aliphatic carbocycles. The van der Waals surface area contributed by atoms with Gasteiger partial charge in [0.15, 0.2) is 0 Å². The minimum Gasteiger partial charge on any atom is -0.379 e. The Labute approximate surface area is 203 Å². The first-order valence-electron chi connectivity index (χ1n) is 12.1. The number of halogens is 1. The third-order valence-electron chi connectivity index (χ3n) is 6.61. The molecule has 0 radical (unpaired) electrons. The number of ether oxygens (including phenoxy) is 1. The van der Waals surface area contributed by atoms with Crippen molar-refractivity contribution >= 4 is 34.8 Å². The Hall–Kier alpha value is -1.83. The second-order valence-corrected chi connectivity index (χ2v) is 10.2. The molecule has 2 amide bonds. The van der Waals surface area contributed by atoms with Crippen LogP contribution in [-0.2, 0) is 9.53 Å². The third kappa shape index (κ3) is 7.33. The second kappa shape index (κ2) is 12.0. The van der Waals surface area contributed by atoms with Crippen LogP contribution >= 0.6 is 11.6 Å². The molecule has 7 nitrogen and oxygen atoms in total. The largest absolute Gasteiger partial charge is 0.379 e. The zero-order valence-electron chi connectivity index (χ0n) is 20.3. The lowest BCUT2D eigenvalue weighted by Gasteiger charge is -2.33. The molecule has 2 fully saturated rings. The number of hydrogen-bond acceptors (Lipinski definition) is 5. The van der Waals surface area contributed by atoms with E-state index in [0.29, 0.717) is 23.7 Å². The van der Waals surface area contributed by atoms with Crippen molar-refractivity contribution < 1.29 is 14.3 Å². The number of carbonyl (C=O) groups excluding carboxylic acids is 2. The van der Waals surface area contributed by atoms with Crippen LogP contribution in [0.3, 0.4) is 0 Å². The van der Waals surface area contributed by atoms with Gasteiger partial charge in [-0.1, -0.05) is 6.92 Å². The summed E-state index contributed by atoms with van der Waals surface area (Å²) in [7, 11) is 0. The summed E-state index contributed by atoms with van der Waals surface area (Å²) in [5, 5.41) is 6.03. The second-order valence-electron chi connectivity index (χ2n) is 9.94. The molecular formula is C25H39ClN4O3. The third-order valence-corrected chi connectivity index (χ3v) is 7.28. The highest BCUT2D eigenvalue weighted by Crippen LogP contribution is 2.29. The summed E-state index contributed by atoms with van der Waals surface area (Å²) in [5.41, 5.74) is 1.47. The number of morpholine rings is 1. The molecule has 3 rings (SSSR count).